The molecule has 1 heterocycles. The Kier molecular flexibility index (Phi) is 2.83. The molecule has 0 atom stereocenters. The number of aromatic nitrogens is 1. The average molecular weight is 282 g/mol. The third kappa shape index (κ3) is 2.25. The highest BCUT2D eigenvalue weighted by Gasteiger charge is 2.31. The van der Waals surface area contributed by atoms with Crippen LogP contribution in [0, 0.1) is 0 Å². The van der Waals surface area contributed by atoms with Gasteiger partial charge in [0.25, 0.3) is 0 Å². The van der Waals surface area contributed by atoms with Crippen molar-refractivity contribution < 1.29 is 13.2 Å². The summed E-state index contributed by atoms with van der Waals surface area (Å²) < 4.78 is 37.6. The summed E-state index contributed by atoms with van der Waals surface area (Å²) in [6.07, 6.45) is -4.52. The van der Waals surface area contributed by atoms with E-state index in [2.05, 4.69) is 4.98 Å². The molecule has 0 amide bonds. The van der Waals surface area contributed by atoms with E-state index in [4.69, 9.17) is 23.2 Å². The van der Waals surface area contributed by atoms with Crippen LogP contribution in [0.1, 0.15) is 5.56 Å². The summed E-state index contributed by atoms with van der Waals surface area (Å²) in [7, 11) is 0. The Bertz CT molecular complexity index is 648. The molecule has 1 aromatic heterocycles. The topological polar surface area (TPSA) is 32.9 Å². The van der Waals surface area contributed by atoms with Crippen molar-refractivity contribution in [3.05, 3.63) is 44.2 Å². The van der Waals surface area contributed by atoms with Gasteiger partial charge in [-0.15, -0.1) is 0 Å². The summed E-state index contributed by atoms with van der Waals surface area (Å²) in [4.78, 5) is 13.5. The summed E-state index contributed by atoms with van der Waals surface area (Å²) in [5.74, 6) is 0. The van der Waals surface area contributed by atoms with Crippen LogP contribution < -0.4 is 5.56 Å². The Morgan fingerprint density at radius 2 is 1.71 bits per heavy atom. The highest BCUT2D eigenvalue weighted by atomic mass is 35.5. The maximum absolute atomic E-state index is 12.5. The zero-order chi connectivity index (χ0) is 12.8. The molecule has 1 N–H and O–H groups in total. The van der Waals surface area contributed by atoms with Crippen LogP contribution in [-0.2, 0) is 6.18 Å². The van der Waals surface area contributed by atoms with Crippen molar-refractivity contribution in [2.45, 2.75) is 6.18 Å². The Morgan fingerprint density at radius 1 is 1.06 bits per heavy atom. The smallest absolute Gasteiger partial charge is 0.321 e. The Morgan fingerprint density at radius 3 is 2.29 bits per heavy atom. The molecule has 0 bridgehead atoms. The molecular weight excluding hydrogens is 278 g/mol. The molecule has 0 fully saturated rings. The van der Waals surface area contributed by atoms with Gasteiger partial charge in [0.2, 0.25) is 5.56 Å². The number of H-pyrrole nitrogens is 1. The van der Waals surface area contributed by atoms with E-state index in [-0.39, 0.29) is 20.9 Å². The van der Waals surface area contributed by atoms with Gasteiger partial charge in [0.05, 0.1) is 21.1 Å². The molecule has 0 aliphatic heterocycles. The summed E-state index contributed by atoms with van der Waals surface area (Å²) in [5.41, 5.74) is -1.34. The molecular formula is C10H4Cl2F3NO. The van der Waals surface area contributed by atoms with Crippen LogP contribution in [0.2, 0.25) is 10.0 Å². The van der Waals surface area contributed by atoms with Gasteiger partial charge >= 0.3 is 6.18 Å². The normalized spacial score (nSPS) is 12.1. The zero-order valence-corrected chi connectivity index (χ0v) is 9.54. The number of nitrogens with one attached hydrogen (secondary N) is 1. The number of hydrogen-bond donors (Lipinski definition) is 1. The summed E-state index contributed by atoms with van der Waals surface area (Å²) in [6.45, 7) is 0. The number of pyridine rings is 1. The lowest BCUT2D eigenvalue weighted by Crippen LogP contribution is -2.08. The van der Waals surface area contributed by atoms with Crippen LogP contribution in [-0.4, -0.2) is 4.98 Å². The first-order valence-electron chi connectivity index (χ1n) is 4.38. The molecule has 90 valence electrons. The molecule has 0 unspecified atom stereocenters. The van der Waals surface area contributed by atoms with Gasteiger partial charge in [0, 0.05) is 11.5 Å². The molecule has 1 aromatic carbocycles. The first-order chi connectivity index (χ1) is 7.79. The van der Waals surface area contributed by atoms with Gasteiger partial charge in [-0.3, -0.25) is 4.79 Å². The first kappa shape index (κ1) is 12.3. The predicted molar refractivity (Wildman–Crippen MR) is 59.6 cm³/mol. The van der Waals surface area contributed by atoms with Crippen LogP contribution in [0.15, 0.2) is 23.0 Å². The number of rotatable bonds is 0. The average Bonchev–Trinajstić information content (AvgIpc) is 2.17. The quantitative estimate of drug-likeness (QED) is 0.782. The molecule has 0 spiro atoms. The minimum Gasteiger partial charge on any atom is -0.321 e. The molecule has 0 saturated heterocycles. The lowest BCUT2D eigenvalue weighted by atomic mass is 10.1. The van der Waals surface area contributed by atoms with E-state index in [0.717, 1.165) is 18.2 Å². The number of benzene rings is 1. The van der Waals surface area contributed by atoms with Crippen LogP contribution in [0.25, 0.3) is 10.9 Å². The summed E-state index contributed by atoms with van der Waals surface area (Å²) >= 11 is 11.4. The Labute approximate surface area is 103 Å². The van der Waals surface area contributed by atoms with E-state index in [1.807, 2.05) is 0 Å². The number of halogens is 5. The van der Waals surface area contributed by atoms with E-state index in [0.29, 0.717) is 0 Å². The number of aromatic amines is 1. The number of hydrogen-bond acceptors (Lipinski definition) is 1. The first-order valence-corrected chi connectivity index (χ1v) is 5.14. The molecule has 0 aliphatic rings. The van der Waals surface area contributed by atoms with Crippen molar-refractivity contribution >= 4 is 34.1 Å². The Hall–Kier alpha value is -1.20. The third-order valence-electron chi connectivity index (χ3n) is 2.18. The minimum atomic E-state index is -4.52. The molecule has 2 rings (SSSR count). The van der Waals surface area contributed by atoms with Gasteiger partial charge in [-0.1, -0.05) is 23.2 Å². The lowest BCUT2D eigenvalue weighted by molar-refractivity contribution is -0.137. The second-order valence-electron chi connectivity index (χ2n) is 3.36. The zero-order valence-electron chi connectivity index (χ0n) is 8.03. The molecule has 0 radical (unpaired) electrons. The van der Waals surface area contributed by atoms with Gasteiger partial charge in [0.1, 0.15) is 0 Å². The maximum Gasteiger partial charge on any atom is 0.416 e. The fourth-order valence-electron chi connectivity index (χ4n) is 1.44. The van der Waals surface area contributed by atoms with Gasteiger partial charge in [-0.25, -0.2) is 0 Å². The van der Waals surface area contributed by atoms with E-state index >= 15 is 0 Å². The van der Waals surface area contributed by atoms with Gasteiger partial charge in [-0.2, -0.15) is 13.2 Å². The van der Waals surface area contributed by atoms with Crippen molar-refractivity contribution in [1.29, 1.82) is 0 Å². The van der Waals surface area contributed by atoms with Gasteiger partial charge in [0.15, 0.2) is 0 Å². The monoisotopic (exact) mass is 281 g/mol. The second kappa shape index (κ2) is 3.92. The predicted octanol–water partition coefficient (Wildman–Crippen LogP) is 3.85. The van der Waals surface area contributed by atoms with Crippen molar-refractivity contribution in [3.63, 3.8) is 0 Å². The van der Waals surface area contributed by atoms with E-state index < -0.39 is 17.3 Å². The van der Waals surface area contributed by atoms with Gasteiger partial charge < -0.3 is 4.98 Å². The molecule has 2 aromatic rings. The lowest BCUT2D eigenvalue weighted by Gasteiger charge is -2.09. The molecule has 0 aliphatic carbocycles. The minimum absolute atomic E-state index is 0.0612. The van der Waals surface area contributed by atoms with Crippen LogP contribution >= 0.6 is 23.2 Å². The van der Waals surface area contributed by atoms with Crippen molar-refractivity contribution in [2.24, 2.45) is 0 Å². The standard InChI is InChI=1S/C10H4Cl2F3NO/c11-6-3-8(17)16-9-5(6)1-4(2-7(9)12)10(13,14)15/h1-3H,(H,16,17). The van der Waals surface area contributed by atoms with Crippen molar-refractivity contribution in [2.75, 3.05) is 0 Å². The van der Waals surface area contributed by atoms with Crippen LogP contribution in [0.3, 0.4) is 0 Å². The molecule has 17 heavy (non-hydrogen) atoms. The van der Waals surface area contributed by atoms with E-state index in [1.165, 1.54) is 0 Å². The molecule has 2 nitrogen and oxygen atoms in total. The summed E-state index contributed by atoms with van der Waals surface area (Å²) in [6, 6.07) is 2.59. The third-order valence-corrected chi connectivity index (χ3v) is 2.79. The number of fused-ring (bicyclic) bond motifs is 1. The Balaban J connectivity index is 2.87. The summed E-state index contributed by atoms with van der Waals surface area (Å²) in [5, 5.41) is -0.211. The molecule has 0 saturated carbocycles. The van der Waals surface area contributed by atoms with Crippen LogP contribution in [0.5, 0.6) is 0 Å². The van der Waals surface area contributed by atoms with E-state index in [1.54, 1.807) is 0 Å². The van der Waals surface area contributed by atoms with Crippen molar-refractivity contribution in [1.82, 2.24) is 4.98 Å². The molecule has 7 heteroatoms. The van der Waals surface area contributed by atoms with Crippen LogP contribution in [0.4, 0.5) is 13.2 Å². The van der Waals surface area contributed by atoms with E-state index in [9.17, 15) is 18.0 Å². The fraction of sp³-hybridized carbons (Fsp3) is 0.100. The fourth-order valence-corrected chi connectivity index (χ4v) is 1.95. The van der Waals surface area contributed by atoms with Crippen molar-refractivity contribution in [3.8, 4) is 0 Å². The second-order valence-corrected chi connectivity index (χ2v) is 4.17. The maximum atomic E-state index is 12.5. The number of alkyl halides is 3. The van der Waals surface area contributed by atoms with Gasteiger partial charge in [-0.05, 0) is 12.1 Å². The highest BCUT2D eigenvalue weighted by molar-refractivity contribution is 6.39. The largest absolute Gasteiger partial charge is 0.416 e. The SMILES string of the molecule is O=c1cc(Cl)c2cc(C(F)(F)F)cc(Cl)c2[nH]1. The highest BCUT2D eigenvalue weighted by Crippen LogP contribution is 2.35.